The van der Waals surface area contributed by atoms with Crippen molar-refractivity contribution >= 4 is 6.09 Å². The molecule has 1 amide bonds. The lowest BCUT2D eigenvalue weighted by Crippen LogP contribution is -2.46. The monoisotopic (exact) mass is 199 g/mol. The smallest absolute Gasteiger partial charge is 0.404 e. The molecular formula is C10H19N2O2. The highest BCUT2D eigenvalue weighted by atomic mass is 16.4. The average molecular weight is 199 g/mol. The fourth-order valence-corrected chi connectivity index (χ4v) is 2.04. The van der Waals surface area contributed by atoms with Crippen molar-refractivity contribution in [3.63, 3.8) is 0 Å². The van der Waals surface area contributed by atoms with Gasteiger partial charge in [0.15, 0.2) is 0 Å². The number of rotatable bonds is 3. The number of hydrogen-bond donors (Lipinski definition) is 3. The van der Waals surface area contributed by atoms with Gasteiger partial charge in [0.2, 0.25) is 0 Å². The van der Waals surface area contributed by atoms with E-state index in [1.807, 2.05) is 13.8 Å². The van der Waals surface area contributed by atoms with Crippen LogP contribution in [0.2, 0.25) is 0 Å². The summed E-state index contributed by atoms with van der Waals surface area (Å²) in [4.78, 5) is 10.6. The number of piperidine rings is 1. The zero-order valence-corrected chi connectivity index (χ0v) is 8.84. The maximum Gasteiger partial charge on any atom is 0.404 e. The van der Waals surface area contributed by atoms with Crippen molar-refractivity contribution in [2.75, 3.05) is 13.1 Å². The first kappa shape index (κ1) is 11.3. The maximum absolute atomic E-state index is 10.6. The molecule has 1 radical (unpaired) electrons. The van der Waals surface area contributed by atoms with Gasteiger partial charge < -0.3 is 15.7 Å². The Hall–Kier alpha value is -0.770. The molecule has 0 spiro atoms. The molecule has 1 aliphatic heterocycles. The van der Waals surface area contributed by atoms with Crippen molar-refractivity contribution < 1.29 is 9.90 Å². The maximum atomic E-state index is 10.6. The lowest BCUT2D eigenvalue weighted by atomic mass is 9.84. The molecule has 1 unspecified atom stereocenters. The van der Waals surface area contributed by atoms with E-state index in [9.17, 15) is 4.79 Å². The highest BCUT2D eigenvalue weighted by Crippen LogP contribution is 2.22. The first-order valence-corrected chi connectivity index (χ1v) is 5.11. The summed E-state index contributed by atoms with van der Waals surface area (Å²) in [6.45, 7) is 5.97. The summed E-state index contributed by atoms with van der Waals surface area (Å²) >= 11 is 0. The van der Waals surface area contributed by atoms with Crippen molar-refractivity contribution in [2.45, 2.75) is 32.7 Å². The minimum Gasteiger partial charge on any atom is -0.465 e. The second kappa shape index (κ2) is 5.20. The number of nitrogens with one attached hydrogen (secondary N) is 2. The van der Waals surface area contributed by atoms with Crippen LogP contribution in [0.4, 0.5) is 4.79 Å². The topological polar surface area (TPSA) is 61.4 Å². The van der Waals surface area contributed by atoms with E-state index in [1.54, 1.807) is 0 Å². The Morgan fingerprint density at radius 1 is 1.43 bits per heavy atom. The fourth-order valence-electron chi connectivity index (χ4n) is 2.04. The first-order valence-electron chi connectivity index (χ1n) is 5.11. The van der Waals surface area contributed by atoms with E-state index >= 15 is 0 Å². The second-order valence-electron chi connectivity index (χ2n) is 4.09. The SMILES string of the molecule is C[C](C)C(NC(=O)O)C1CCNCC1. The largest absolute Gasteiger partial charge is 0.465 e. The normalized spacial score (nSPS) is 20.8. The van der Waals surface area contributed by atoms with Crippen molar-refractivity contribution in [2.24, 2.45) is 5.92 Å². The molecule has 1 fully saturated rings. The molecule has 3 N–H and O–H groups in total. The molecular weight excluding hydrogens is 180 g/mol. The standard InChI is InChI=1S/C10H19N2O2/c1-7(2)9(12-10(13)14)8-3-5-11-6-4-8/h8-9,11-12H,3-6H2,1-2H3,(H,13,14). The Balaban J connectivity index is 2.51. The summed E-state index contributed by atoms with van der Waals surface area (Å²) in [6, 6.07) is 0.0228. The predicted molar refractivity (Wildman–Crippen MR) is 55.1 cm³/mol. The zero-order chi connectivity index (χ0) is 10.6. The van der Waals surface area contributed by atoms with Crippen LogP contribution in [0.5, 0.6) is 0 Å². The van der Waals surface area contributed by atoms with Gasteiger partial charge in [-0.15, -0.1) is 0 Å². The summed E-state index contributed by atoms with van der Waals surface area (Å²) in [5, 5.41) is 14.6. The third kappa shape index (κ3) is 3.18. The van der Waals surface area contributed by atoms with Crippen LogP contribution in [0, 0.1) is 11.8 Å². The summed E-state index contributed by atoms with van der Waals surface area (Å²) in [5.41, 5.74) is 0. The Kier molecular flexibility index (Phi) is 4.20. The van der Waals surface area contributed by atoms with Crippen LogP contribution in [0.15, 0.2) is 0 Å². The van der Waals surface area contributed by atoms with Gasteiger partial charge in [-0.3, -0.25) is 0 Å². The quantitative estimate of drug-likeness (QED) is 0.640. The minimum atomic E-state index is -0.922. The Morgan fingerprint density at radius 3 is 2.43 bits per heavy atom. The van der Waals surface area contributed by atoms with E-state index in [0.717, 1.165) is 31.8 Å². The van der Waals surface area contributed by atoms with E-state index in [0.29, 0.717) is 5.92 Å². The highest BCUT2D eigenvalue weighted by Gasteiger charge is 2.27. The molecule has 0 saturated carbocycles. The second-order valence-corrected chi connectivity index (χ2v) is 4.09. The van der Waals surface area contributed by atoms with Crippen LogP contribution in [-0.4, -0.2) is 30.3 Å². The zero-order valence-electron chi connectivity index (χ0n) is 8.84. The Labute approximate surface area is 85.1 Å². The van der Waals surface area contributed by atoms with Gasteiger partial charge in [-0.2, -0.15) is 0 Å². The molecule has 4 heteroatoms. The van der Waals surface area contributed by atoms with Crippen LogP contribution in [0.25, 0.3) is 0 Å². The van der Waals surface area contributed by atoms with Gasteiger partial charge >= 0.3 is 6.09 Å². The molecule has 0 aromatic rings. The summed E-state index contributed by atoms with van der Waals surface area (Å²) in [6.07, 6.45) is 1.18. The molecule has 81 valence electrons. The Bertz CT molecular complexity index is 189. The van der Waals surface area contributed by atoms with Crippen LogP contribution < -0.4 is 10.6 Å². The predicted octanol–water partition coefficient (Wildman–Crippen LogP) is 1.24. The van der Waals surface area contributed by atoms with E-state index in [2.05, 4.69) is 10.6 Å². The van der Waals surface area contributed by atoms with Gasteiger partial charge in [0.05, 0.1) is 0 Å². The number of carboxylic acid groups (broad SMARTS) is 1. The molecule has 1 rings (SSSR count). The van der Waals surface area contributed by atoms with E-state index in [4.69, 9.17) is 5.11 Å². The third-order valence-corrected chi connectivity index (χ3v) is 2.76. The van der Waals surface area contributed by atoms with Gasteiger partial charge in [0.1, 0.15) is 0 Å². The molecule has 0 aromatic heterocycles. The first-order chi connectivity index (χ1) is 6.61. The van der Waals surface area contributed by atoms with Crippen molar-refractivity contribution in [3.05, 3.63) is 5.92 Å². The van der Waals surface area contributed by atoms with Crippen LogP contribution in [-0.2, 0) is 0 Å². The van der Waals surface area contributed by atoms with Crippen molar-refractivity contribution in [3.8, 4) is 0 Å². The Morgan fingerprint density at radius 2 is 2.00 bits per heavy atom. The molecule has 1 atom stereocenters. The number of carbonyl (C=O) groups is 1. The highest BCUT2D eigenvalue weighted by molar-refractivity contribution is 5.65. The number of amides is 1. The molecule has 1 heterocycles. The molecule has 0 aromatic carbocycles. The summed E-state index contributed by atoms with van der Waals surface area (Å²) in [7, 11) is 0. The number of hydrogen-bond acceptors (Lipinski definition) is 2. The summed E-state index contributed by atoms with van der Waals surface area (Å²) in [5.74, 6) is 1.61. The molecule has 4 nitrogen and oxygen atoms in total. The van der Waals surface area contributed by atoms with Crippen LogP contribution >= 0.6 is 0 Å². The van der Waals surface area contributed by atoms with Gasteiger partial charge in [0, 0.05) is 6.04 Å². The van der Waals surface area contributed by atoms with Gasteiger partial charge in [-0.25, -0.2) is 4.79 Å². The van der Waals surface area contributed by atoms with Crippen molar-refractivity contribution in [1.29, 1.82) is 0 Å². The van der Waals surface area contributed by atoms with Crippen molar-refractivity contribution in [1.82, 2.24) is 10.6 Å². The molecule has 14 heavy (non-hydrogen) atoms. The van der Waals surface area contributed by atoms with Gasteiger partial charge in [-0.1, -0.05) is 13.8 Å². The fraction of sp³-hybridized carbons (Fsp3) is 0.800. The van der Waals surface area contributed by atoms with Gasteiger partial charge in [-0.05, 0) is 37.8 Å². The van der Waals surface area contributed by atoms with E-state index in [1.165, 1.54) is 0 Å². The van der Waals surface area contributed by atoms with E-state index in [-0.39, 0.29) is 6.04 Å². The average Bonchev–Trinajstić information content (AvgIpc) is 2.15. The minimum absolute atomic E-state index is 0.0228. The lowest BCUT2D eigenvalue weighted by molar-refractivity contribution is 0.181. The molecule has 1 saturated heterocycles. The van der Waals surface area contributed by atoms with Crippen LogP contribution in [0.1, 0.15) is 26.7 Å². The van der Waals surface area contributed by atoms with Gasteiger partial charge in [0.25, 0.3) is 0 Å². The lowest BCUT2D eigenvalue weighted by Gasteiger charge is -2.32. The summed E-state index contributed by atoms with van der Waals surface area (Å²) < 4.78 is 0. The third-order valence-electron chi connectivity index (χ3n) is 2.76. The van der Waals surface area contributed by atoms with Crippen LogP contribution in [0.3, 0.4) is 0 Å². The molecule has 0 bridgehead atoms. The molecule has 0 aliphatic carbocycles. The molecule has 1 aliphatic rings. The van der Waals surface area contributed by atoms with E-state index < -0.39 is 6.09 Å².